The molecule has 0 aliphatic rings. The number of benzene rings is 2. The van der Waals surface area contributed by atoms with Gasteiger partial charge in [0.2, 0.25) is 0 Å². The highest BCUT2D eigenvalue weighted by molar-refractivity contribution is 7.98. The summed E-state index contributed by atoms with van der Waals surface area (Å²) in [6, 6.07) is 12.1. The van der Waals surface area contributed by atoms with E-state index < -0.39 is 5.97 Å². The third kappa shape index (κ3) is 3.86. The molecule has 0 fully saturated rings. The van der Waals surface area contributed by atoms with Crippen molar-refractivity contribution in [3.8, 4) is 11.5 Å². The second-order valence-corrected chi connectivity index (χ2v) is 6.69. The van der Waals surface area contributed by atoms with E-state index in [4.69, 9.17) is 21.1 Å². The first kappa shape index (κ1) is 18.4. The van der Waals surface area contributed by atoms with E-state index in [-0.39, 0.29) is 23.1 Å². The Bertz CT molecular complexity index is 977. The van der Waals surface area contributed by atoms with Crippen molar-refractivity contribution < 1.29 is 19.4 Å². The van der Waals surface area contributed by atoms with Crippen LogP contribution in [0.4, 0.5) is 0 Å². The Morgan fingerprint density at radius 1 is 1.23 bits per heavy atom. The molecule has 0 aliphatic carbocycles. The second kappa shape index (κ2) is 7.85. The fourth-order valence-corrected chi connectivity index (χ4v) is 3.06. The van der Waals surface area contributed by atoms with Crippen LogP contribution in [-0.2, 0) is 11.3 Å². The van der Waals surface area contributed by atoms with Gasteiger partial charge in [0.15, 0.2) is 0 Å². The number of phenols is 1. The number of fused-ring (bicyclic) bond motifs is 1. The summed E-state index contributed by atoms with van der Waals surface area (Å²) in [4.78, 5) is 17.7. The predicted molar refractivity (Wildman–Crippen MR) is 102 cm³/mol. The topological polar surface area (TPSA) is 68.7 Å². The molecule has 0 atom stereocenters. The molecule has 2 aromatic carbocycles. The number of rotatable bonds is 5. The number of carbonyl (C=O) groups excluding carboxylic acids is 1. The van der Waals surface area contributed by atoms with Gasteiger partial charge in [-0.2, -0.15) is 0 Å². The van der Waals surface area contributed by atoms with Gasteiger partial charge >= 0.3 is 5.97 Å². The Morgan fingerprint density at radius 3 is 2.77 bits per heavy atom. The number of methoxy groups -OCH3 is 1. The van der Waals surface area contributed by atoms with Gasteiger partial charge in [0, 0.05) is 15.8 Å². The lowest BCUT2D eigenvalue weighted by Gasteiger charge is -2.10. The molecule has 0 bridgehead atoms. The third-order valence-corrected chi connectivity index (χ3v) is 4.89. The van der Waals surface area contributed by atoms with Crippen LogP contribution in [0.25, 0.3) is 10.9 Å². The highest BCUT2D eigenvalue weighted by Gasteiger charge is 2.15. The van der Waals surface area contributed by atoms with Crippen LogP contribution in [0.15, 0.2) is 47.4 Å². The molecule has 3 rings (SSSR count). The Morgan fingerprint density at radius 2 is 2.04 bits per heavy atom. The fourth-order valence-electron chi connectivity index (χ4n) is 2.42. The van der Waals surface area contributed by atoms with Gasteiger partial charge in [0.1, 0.15) is 28.8 Å². The molecule has 0 radical (unpaired) electrons. The van der Waals surface area contributed by atoms with Crippen LogP contribution in [0.2, 0.25) is 5.15 Å². The number of carbonyl (C=O) groups is 1. The molecule has 0 amide bonds. The van der Waals surface area contributed by atoms with E-state index in [1.807, 2.05) is 30.5 Å². The van der Waals surface area contributed by atoms with Crippen molar-refractivity contribution in [1.82, 2.24) is 4.98 Å². The maximum absolute atomic E-state index is 12.3. The summed E-state index contributed by atoms with van der Waals surface area (Å²) in [6.45, 7) is -0.0540. The molecule has 0 spiro atoms. The first-order valence-corrected chi connectivity index (χ1v) is 9.29. The lowest BCUT2D eigenvalue weighted by Crippen LogP contribution is -2.06. The minimum absolute atomic E-state index is 0.0267. The van der Waals surface area contributed by atoms with Crippen LogP contribution in [0.3, 0.4) is 0 Å². The number of hydrogen-bond acceptors (Lipinski definition) is 6. The van der Waals surface area contributed by atoms with Gasteiger partial charge in [-0.05, 0) is 42.7 Å². The number of thioether (sulfide) groups is 1. The van der Waals surface area contributed by atoms with Crippen LogP contribution < -0.4 is 4.74 Å². The predicted octanol–water partition coefficient (Wildman–Crippen LogP) is 4.68. The summed E-state index contributed by atoms with van der Waals surface area (Å²) < 4.78 is 10.3. The van der Waals surface area contributed by atoms with E-state index in [1.54, 1.807) is 17.8 Å². The summed E-state index contributed by atoms with van der Waals surface area (Å²) in [6.07, 6.45) is 1.99. The van der Waals surface area contributed by atoms with E-state index >= 15 is 0 Å². The van der Waals surface area contributed by atoms with Gasteiger partial charge in [0.05, 0.1) is 12.6 Å². The maximum Gasteiger partial charge on any atom is 0.342 e. The van der Waals surface area contributed by atoms with Crippen LogP contribution >= 0.6 is 23.4 Å². The molecule has 7 heteroatoms. The van der Waals surface area contributed by atoms with Gasteiger partial charge in [-0.1, -0.05) is 17.7 Å². The Kier molecular flexibility index (Phi) is 5.54. The number of hydrogen-bond donors (Lipinski definition) is 1. The molecule has 134 valence electrons. The summed E-state index contributed by atoms with van der Waals surface area (Å²) in [5.41, 5.74) is 1.40. The lowest BCUT2D eigenvalue weighted by molar-refractivity contribution is 0.0469. The standard InChI is InChI=1S/C19H16ClNO4S/c1-24-13-4-6-17(22)15(8-13)19(23)25-10-12-7-11-3-5-14(26-2)9-16(11)21-18(12)20/h3-9,22H,10H2,1-2H3. The molecular formula is C19H16ClNO4S. The molecule has 0 aliphatic heterocycles. The first-order valence-electron chi connectivity index (χ1n) is 7.69. The molecular weight excluding hydrogens is 374 g/mol. The SMILES string of the molecule is COc1ccc(O)c(C(=O)OCc2cc3ccc(SC)cc3nc2Cl)c1. The van der Waals surface area contributed by atoms with E-state index in [0.29, 0.717) is 11.3 Å². The maximum atomic E-state index is 12.3. The van der Waals surface area contributed by atoms with E-state index in [1.165, 1.54) is 19.2 Å². The van der Waals surface area contributed by atoms with Crippen LogP contribution in [0, 0.1) is 0 Å². The minimum Gasteiger partial charge on any atom is -0.507 e. The fraction of sp³-hybridized carbons (Fsp3) is 0.158. The van der Waals surface area contributed by atoms with Crippen molar-refractivity contribution in [3.63, 3.8) is 0 Å². The number of nitrogens with zero attached hydrogens (tertiary/aromatic N) is 1. The van der Waals surface area contributed by atoms with Gasteiger partial charge in [-0.15, -0.1) is 11.8 Å². The largest absolute Gasteiger partial charge is 0.507 e. The van der Waals surface area contributed by atoms with Crippen molar-refractivity contribution in [2.75, 3.05) is 13.4 Å². The molecule has 0 saturated carbocycles. The summed E-state index contributed by atoms with van der Waals surface area (Å²) in [5, 5.41) is 11.0. The molecule has 5 nitrogen and oxygen atoms in total. The minimum atomic E-state index is -0.671. The summed E-state index contributed by atoms with van der Waals surface area (Å²) in [7, 11) is 1.48. The Labute approximate surface area is 159 Å². The van der Waals surface area contributed by atoms with Gasteiger partial charge < -0.3 is 14.6 Å². The third-order valence-electron chi connectivity index (χ3n) is 3.83. The van der Waals surface area contributed by atoms with Crippen molar-refractivity contribution in [2.45, 2.75) is 11.5 Å². The average Bonchev–Trinajstić information content (AvgIpc) is 2.66. The van der Waals surface area contributed by atoms with E-state index in [0.717, 1.165) is 15.8 Å². The smallest absolute Gasteiger partial charge is 0.342 e. The van der Waals surface area contributed by atoms with Crippen molar-refractivity contribution in [3.05, 3.63) is 58.7 Å². The quantitative estimate of drug-likeness (QED) is 0.388. The molecule has 0 unspecified atom stereocenters. The molecule has 1 aromatic heterocycles. The zero-order chi connectivity index (χ0) is 18.7. The second-order valence-electron chi connectivity index (χ2n) is 5.46. The number of pyridine rings is 1. The number of ether oxygens (including phenoxy) is 2. The number of halogens is 1. The van der Waals surface area contributed by atoms with Crippen LogP contribution in [-0.4, -0.2) is 29.4 Å². The summed E-state index contributed by atoms with van der Waals surface area (Å²) >= 11 is 7.85. The summed E-state index contributed by atoms with van der Waals surface area (Å²) in [5.74, 6) is -0.400. The molecule has 1 N–H and O–H groups in total. The normalized spacial score (nSPS) is 10.7. The van der Waals surface area contributed by atoms with E-state index in [2.05, 4.69) is 4.98 Å². The van der Waals surface area contributed by atoms with Crippen LogP contribution in [0.5, 0.6) is 11.5 Å². The van der Waals surface area contributed by atoms with Crippen molar-refractivity contribution in [1.29, 1.82) is 0 Å². The first-order chi connectivity index (χ1) is 12.5. The zero-order valence-corrected chi connectivity index (χ0v) is 15.7. The Balaban J connectivity index is 1.81. The van der Waals surface area contributed by atoms with Gasteiger partial charge in [-0.3, -0.25) is 0 Å². The number of aromatic nitrogens is 1. The highest BCUT2D eigenvalue weighted by Crippen LogP contribution is 2.27. The Hall–Kier alpha value is -2.44. The van der Waals surface area contributed by atoms with Crippen molar-refractivity contribution >= 4 is 40.2 Å². The van der Waals surface area contributed by atoms with E-state index in [9.17, 15) is 9.90 Å². The van der Waals surface area contributed by atoms with Gasteiger partial charge in [-0.25, -0.2) is 9.78 Å². The van der Waals surface area contributed by atoms with Crippen LogP contribution in [0.1, 0.15) is 15.9 Å². The molecule has 3 aromatic rings. The zero-order valence-electron chi connectivity index (χ0n) is 14.2. The number of aromatic hydroxyl groups is 1. The highest BCUT2D eigenvalue weighted by atomic mass is 35.5. The number of esters is 1. The van der Waals surface area contributed by atoms with Gasteiger partial charge in [0.25, 0.3) is 0 Å². The van der Waals surface area contributed by atoms with Crippen molar-refractivity contribution in [2.24, 2.45) is 0 Å². The monoisotopic (exact) mass is 389 g/mol. The molecule has 1 heterocycles. The lowest BCUT2D eigenvalue weighted by atomic mass is 10.1. The molecule has 26 heavy (non-hydrogen) atoms. The average molecular weight is 390 g/mol. The number of phenolic OH excluding ortho intramolecular Hbond substituents is 1. The molecule has 0 saturated heterocycles.